The molecule has 0 bridgehead atoms. The number of nitrogens with one attached hydrogen (secondary N) is 1. The van der Waals surface area contributed by atoms with Crippen molar-refractivity contribution in [2.75, 3.05) is 13.2 Å². The molecule has 0 saturated heterocycles. The summed E-state index contributed by atoms with van der Waals surface area (Å²) in [5.74, 6) is 0. The van der Waals surface area contributed by atoms with Gasteiger partial charge in [-0.1, -0.05) is 50.9 Å². The van der Waals surface area contributed by atoms with Crippen LogP contribution in [0.25, 0.3) is 0 Å². The van der Waals surface area contributed by atoms with Crippen molar-refractivity contribution in [2.45, 2.75) is 52.5 Å². The summed E-state index contributed by atoms with van der Waals surface area (Å²) in [4.78, 5) is 0. The molecule has 20 heavy (non-hydrogen) atoms. The number of aliphatic hydroxyl groups excluding tert-OH is 1. The molecule has 0 aliphatic carbocycles. The molecule has 0 amide bonds. The van der Waals surface area contributed by atoms with E-state index in [-0.39, 0.29) is 12.0 Å². The molecule has 0 heterocycles. The maximum Gasteiger partial charge on any atom is 0.0431 e. The van der Waals surface area contributed by atoms with Crippen LogP contribution in [0.15, 0.2) is 24.3 Å². The minimum absolute atomic E-state index is 0.209. The molecule has 2 N–H and O–H groups in total. The molecule has 0 aliphatic rings. The zero-order chi connectivity index (χ0) is 15.0. The third-order valence-corrected chi connectivity index (χ3v) is 3.94. The van der Waals surface area contributed by atoms with Crippen molar-refractivity contribution in [3.05, 3.63) is 34.9 Å². The molecule has 1 unspecified atom stereocenters. The fourth-order valence-corrected chi connectivity index (χ4v) is 2.54. The summed E-state index contributed by atoms with van der Waals surface area (Å²) in [5, 5.41) is 13.4. The van der Waals surface area contributed by atoms with Gasteiger partial charge in [-0.3, -0.25) is 0 Å². The fourth-order valence-electron chi connectivity index (χ4n) is 2.42. The zero-order valence-corrected chi connectivity index (χ0v) is 13.7. The Kier molecular flexibility index (Phi) is 7.57. The molecule has 1 rings (SSSR count). The standard InChI is InChI=1S/C17H28ClNO/c1-4-6-16(14-7-9-15(18)10-8-14)19-13-17(2,3)11-5-12-20/h7-10,16,19-20H,4-6,11-13H2,1-3H3. The number of rotatable bonds is 9. The highest BCUT2D eigenvalue weighted by Crippen LogP contribution is 2.25. The molecular formula is C17H28ClNO. The molecule has 0 saturated carbocycles. The van der Waals surface area contributed by atoms with Gasteiger partial charge in [-0.2, -0.15) is 0 Å². The lowest BCUT2D eigenvalue weighted by Gasteiger charge is -2.28. The summed E-state index contributed by atoms with van der Waals surface area (Å²) in [6.45, 7) is 7.95. The maximum atomic E-state index is 8.96. The van der Waals surface area contributed by atoms with Crippen LogP contribution in [0, 0.1) is 5.41 Å². The second-order valence-electron chi connectivity index (χ2n) is 6.27. The van der Waals surface area contributed by atoms with Gasteiger partial charge in [0.1, 0.15) is 0 Å². The highest BCUT2D eigenvalue weighted by Gasteiger charge is 2.19. The number of hydrogen-bond donors (Lipinski definition) is 2. The Morgan fingerprint density at radius 2 is 1.90 bits per heavy atom. The predicted molar refractivity (Wildman–Crippen MR) is 87.2 cm³/mol. The fraction of sp³-hybridized carbons (Fsp3) is 0.647. The van der Waals surface area contributed by atoms with Gasteiger partial charge < -0.3 is 10.4 Å². The van der Waals surface area contributed by atoms with Crippen LogP contribution in [0.5, 0.6) is 0 Å². The second-order valence-corrected chi connectivity index (χ2v) is 6.70. The first kappa shape index (κ1) is 17.5. The van der Waals surface area contributed by atoms with Crippen molar-refractivity contribution in [1.29, 1.82) is 0 Å². The van der Waals surface area contributed by atoms with E-state index in [0.29, 0.717) is 6.04 Å². The smallest absolute Gasteiger partial charge is 0.0431 e. The van der Waals surface area contributed by atoms with Crippen LogP contribution in [0.4, 0.5) is 0 Å². The van der Waals surface area contributed by atoms with Gasteiger partial charge >= 0.3 is 0 Å². The maximum absolute atomic E-state index is 8.96. The predicted octanol–water partition coefficient (Wildman–Crippen LogP) is 4.57. The van der Waals surface area contributed by atoms with Gasteiger partial charge in [0.2, 0.25) is 0 Å². The first-order valence-corrected chi connectivity index (χ1v) is 7.96. The first-order valence-electron chi connectivity index (χ1n) is 7.58. The molecule has 2 nitrogen and oxygen atoms in total. The highest BCUT2D eigenvalue weighted by atomic mass is 35.5. The summed E-state index contributed by atoms with van der Waals surface area (Å²) in [6.07, 6.45) is 4.18. The van der Waals surface area contributed by atoms with Crippen LogP contribution < -0.4 is 5.32 Å². The quantitative estimate of drug-likeness (QED) is 0.700. The highest BCUT2D eigenvalue weighted by molar-refractivity contribution is 6.30. The van der Waals surface area contributed by atoms with Crippen LogP contribution in [-0.2, 0) is 0 Å². The van der Waals surface area contributed by atoms with Crippen molar-refractivity contribution in [3.63, 3.8) is 0 Å². The van der Waals surface area contributed by atoms with Gasteiger partial charge in [0.25, 0.3) is 0 Å². The Morgan fingerprint density at radius 1 is 1.25 bits per heavy atom. The van der Waals surface area contributed by atoms with E-state index in [1.54, 1.807) is 0 Å². The minimum atomic E-state index is 0.209. The van der Waals surface area contributed by atoms with E-state index in [9.17, 15) is 0 Å². The van der Waals surface area contributed by atoms with Gasteiger partial charge in [-0.25, -0.2) is 0 Å². The molecule has 3 heteroatoms. The number of halogens is 1. The zero-order valence-electron chi connectivity index (χ0n) is 13.0. The van der Waals surface area contributed by atoms with Crippen molar-refractivity contribution in [2.24, 2.45) is 5.41 Å². The summed E-state index contributed by atoms with van der Waals surface area (Å²) in [6, 6.07) is 8.51. The normalized spacial score (nSPS) is 13.4. The molecule has 1 atom stereocenters. The molecule has 1 aromatic carbocycles. The summed E-state index contributed by atoms with van der Waals surface area (Å²) in [7, 11) is 0. The van der Waals surface area contributed by atoms with Crippen molar-refractivity contribution in [1.82, 2.24) is 5.32 Å². The average molecular weight is 298 g/mol. The van der Waals surface area contributed by atoms with Gasteiger partial charge in [-0.15, -0.1) is 0 Å². The summed E-state index contributed by atoms with van der Waals surface area (Å²) < 4.78 is 0. The molecule has 0 radical (unpaired) electrons. The third kappa shape index (κ3) is 6.25. The Hall–Kier alpha value is -0.570. The molecule has 0 aliphatic heterocycles. The van der Waals surface area contributed by atoms with Crippen LogP contribution in [0.3, 0.4) is 0 Å². The van der Waals surface area contributed by atoms with E-state index < -0.39 is 0 Å². The van der Waals surface area contributed by atoms with Gasteiger partial charge in [0, 0.05) is 24.2 Å². The number of hydrogen-bond acceptors (Lipinski definition) is 2. The van der Waals surface area contributed by atoms with Gasteiger partial charge in [0.15, 0.2) is 0 Å². The molecule has 0 spiro atoms. The average Bonchev–Trinajstić information content (AvgIpc) is 2.42. The van der Waals surface area contributed by atoms with Crippen molar-refractivity contribution >= 4 is 11.6 Å². The van der Waals surface area contributed by atoms with E-state index in [1.807, 2.05) is 12.1 Å². The van der Waals surface area contributed by atoms with Crippen molar-refractivity contribution in [3.8, 4) is 0 Å². The Balaban J connectivity index is 2.61. The van der Waals surface area contributed by atoms with Crippen LogP contribution in [-0.4, -0.2) is 18.3 Å². The molecule has 0 aromatic heterocycles. The monoisotopic (exact) mass is 297 g/mol. The topological polar surface area (TPSA) is 32.3 Å². The van der Waals surface area contributed by atoms with E-state index in [4.69, 9.17) is 16.7 Å². The third-order valence-electron chi connectivity index (χ3n) is 3.69. The SMILES string of the molecule is CCCC(NCC(C)(C)CCCO)c1ccc(Cl)cc1. The van der Waals surface area contributed by atoms with Crippen LogP contribution >= 0.6 is 11.6 Å². The van der Waals surface area contributed by atoms with Crippen LogP contribution in [0.2, 0.25) is 5.02 Å². The Bertz CT molecular complexity index is 375. The summed E-state index contributed by atoms with van der Waals surface area (Å²) in [5.41, 5.74) is 1.51. The first-order chi connectivity index (χ1) is 9.48. The number of aliphatic hydroxyl groups is 1. The largest absolute Gasteiger partial charge is 0.396 e. The molecule has 114 valence electrons. The van der Waals surface area contributed by atoms with E-state index in [2.05, 4.69) is 38.2 Å². The Morgan fingerprint density at radius 3 is 2.45 bits per heavy atom. The lowest BCUT2D eigenvalue weighted by molar-refractivity contribution is 0.230. The second kappa shape index (κ2) is 8.66. The van der Waals surface area contributed by atoms with E-state index in [1.165, 1.54) is 5.56 Å². The van der Waals surface area contributed by atoms with E-state index >= 15 is 0 Å². The van der Waals surface area contributed by atoms with E-state index in [0.717, 1.165) is 37.3 Å². The lowest BCUT2D eigenvalue weighted by atomic mass is 9.87. The Labute approximate surface area is 128 Å². The van der Waals surface area contributed by atoms with Gasteiger partial charge in [-0.05, 0) is 42.4 Å². The van der Waals surface area contributed by atoms with Gasteiger partial charge in [0.05, 0.1) is 0 Å². The molecule has 0 fully saturated rings. The summed E-state index contributed by atoms with van der Waals surface area (Å²) >= 11 is 5.96. The van der Waals surface area contributed by atoms with Crippen molar-refractivity contribution < 1.29 is 5.11 Å². The van der Waals surface area contributed by atoms with Crippen LogP contribution in [0.1, 0.15) is 58.1 Å². The molecular weight excluding hydrogens is 270 g/mol. The molecule has 1 aromatic rings. The number of benzene rings is 1. The lowest BCUT2D eigenvalue weighted by Crippen LogP contribution is -2.32. The minimum Gasteiger partial charge on any atom is -0.396 e.